The van der Waals surface area contributed by atoms with E-state index in [0.717, 1.165) is 18.9 Å². The number of phenolic OH excluding ortho intramolecular Hbond substituents is 1. The Bertz CT molecular complexity index is 634. The van der Waals surface area contributed by atoms with Crippen LogP contribution in [0.5, 0.6) is 5.75 Å². The van der Waals surface area contributed by atoms with Crippen molar-refractivity contribution in [3.8, 4) is 5.75 Å². The summed E-state index contributed by atoms with van der Waals surface area (Å²) in [5.41, 5.74) is -0.0512. The quantitative estimate of drug-likeness (QED) is 0.250. The molecule has 0 fully saturated rings. The number of ketones is 1. The van der Waals surface area contributed by atoms with Gasteiger partial charge in [-0.25, -0.2) is 0 Å². The number of carbonyl (C=O) groups excluding carboxylic acids is 1. The molecule has 0 saturated carbocycles. The molecule has 0 unspecified atom stereocenters. The van der Waals surface area contributed by atoms with Crippen molar-refractivity contribution in [3.63, 3.8) is 0 Å². The average molecular weight is 380 g/mol. The Morgan fingerprint density at radius 2 is 1.52 bits per heavy atom. The molecule has 0 saturated heterocycles. The average Bonchev–Trinajstić information content (AvgIpc) is 2.52. The summed E-state index contributed by atoms with van der Waals surface area (Å²) < 4.78 is 31.3. The number of hydrogen-bond donors (Lipinski definition) is 2. The van der Waals surface area contributed by atoms with E-state index in [1.807, 2.05) is 0 Å². The molecule has 2 N–H and O–H groups in total. The van der Waals surface area contributed by atoms with Crippen LogP contribution in [0.3, 0.4) is 0 Å². The van der Waals surface area contributed by atoms with Gasteiger partial charge in [-0.2, -0.15) is 8.42 Å². The summed E-state index contributed by atoms with van der Waals surface area (Å²) in [7, 11) is -4.53. The normalized spacial score (nSPS) is 11.1. The third-order valence-electron chi connectivity index (χ3n) is 4.08. The number of phenols is 1. The number of benzene rings is 1. The van der Waals surface area contributed by atoms with E-state index in [1.54, 1.807) is 0 Å². The number of rotatable bonds is 12. The molecule has 0 aromatic heterocycles. The Kier molecular flexibility index (Phi) is 12.7. The van der Waals surface area contributed by atoms with Crippen molar-refractivity contribution < 1.29 is 53.9 Å². The van der Waals surface area contributed by atoms with Crippen molar-refractivity contribution in [2.75, 3.05) is 0 Å². The molecule has 1 aromatic carbocycles. The fourth-order valence-electron chi connectivity index (χ4n) is 2.69. The Morgan fingerprint density at radius 1 is 1.00 bits per heavy atom. The Labute approximate surface area is 174 Å². The van der Waals surface area contributed by atoms with Gasteiger partial charge in [-0.3, -0.25) is 9.35 Å². The number of unbranched alkanes of at least 4 members (excludes halogenated alkanes) is 8. The SMILES string of the molecule is CCCCCCCCCCCC(=O)c1cccc(S(=O)(=O)O)c1O.[H-].[Na+]. The molecule has 0 atom stereocenters. The third-order valence-corrected chi connectivity index (χ3v) is 4.97. The van der Waals surface area contributed by atoms with Crippen LogP contribution in [0.4, 0.5) is 0 Å². The minimum Gasteiger partial charge on any atom is -1.00 e. The molecule has 5 nitrogen and oxygen atoms in total. The summed E-state index contributed by atoms with van der Waals surface area (Å²) in [6, 6.07) is 3.78. The molecule has 0 radical (unpaired) electrons. The first-order valence-electron chi connectivity index (χ1n) is 8.70. The van der Waals surface area contributed by atoms with Crippen LogP contribution < -0.4 is 29.6 Å². The topological polar surface area (TPSA) is 91.7 Å². The van der Waals surface area contributed by atoms with Gasteiger partial charge in [0.15, 0.2) is 5.78 Å². The van der Waals surface area contributed by atoms with Gasteiger partial charge in [0.2, 0.25) is 0 Å². The molecular formula is C18H29NaO5S. The fraction of sp³-hybridized carbons (Fsp3) is 0.611. The zero-order valence-corrected chi connectivity index (χ0v) is 18.1. The van der Waals surface area contributed by atoms with E-state index >= 15 is 0 Å². The van der Waals surface area contributed by atoms with Gasteiger partial charge >= 0.3 is 29.6 Å². The monoisotopic (exact) mass is 380 g/mol. The number of carbonyl (C=O) groups is 1. The van der Waals surface area contributed by atoms with Crippen molar-refractivity contribution in [1.82, 2.24) is 0 Å². The largest absolute Gasteiger partial charge is 1.00 e. The first-order valence-corrected chi connectivity index (χ1v) is 10.1. The molecule has 0 aliphatic rings. The van der Waals surface area contributed by atoms with Crippen LogP contribution in [0.2, 0.25) is 0 Å². The van der Waals surface area contributed by atoms with Gasteiger partial charge in [0.1, 0.15) is 10.6 Å². The third kappa shape index (κ3) is 9.20. The van der Waals surface area contributed by atoms with Crippen molar-refractivity contribution in [2.24, 2.45) is 0 Å². The van der Waals surface area contributed by atoms with Gasteiger partial charge < -0.3 is 6.53 Å². The Morgan fingerprint density at radius 3 is 2.04 bits per heavy atom. The van der Waals surface area contributed by atoms with Gasteiger partial charge in [0.25, 0.3) is 10.1 Å². The molecule has 25 heavy (non-hydrogen) atoms. The summed E-state index contributed by atoms with van der Waals surface area (Å²) in [5, 5.41) is 9.88. The van der Waals surface area contributed by atoms with Crippen molar-refractivity contribution >= 4 is 15.9 Å². The number of aromatic hydroxyl groups is 1. The maximum atomic E-state index is 12.1. The molecule has 0 aliphatic carbocycles. The smallest absolute Gasteiger partial charge is 1.00 e. The minimum absolute atomic E-state index is 0. The second-order valence-electron chi connectivity index (χ2n) is 6.13. The summed E-state index contributed by atoms with van der Waals surface area (Å²) in [4.78, 5) is 11.5. The standard InChI is InChI=1S/C18H28O5S.Na.H/c1-2-3-4-5-6-7-8-9-10-13-16(19)15-12-11-14-17(18(15)20)24(21,22)23;;/h11-12,14,20H,2-10,13H2,1H3,(H,21,22,23);;/q;+1;-1. The van der Waals surface area contributed by atoms with Crippen LogP contribution in [0.15, 0.2) is 23.1 Å². The molecule has 1 aromatic rings. The van der Waals surface area contributed by atoms with E-state index < -0.39 is 20.8 Å². The summed E-state index contributed by atoms with van der Waals surface area (Å²) in [5.74, 6) is -0.970. The molecule has 0 heterocycles. The van der Waals surface area contributed by atoms with E-state index in [4.69, 9.17) is 4.55 Å². The maximum absolute atomic E-state index is 12.1. The van der Waals surface area contributed by atoms with Crippen LogP contribution in [0.1, 0.15) is 82.9 Å². The van der Waals surface area contributed by atoms with Gasteiger partial charge in [-0.1, -0.05) is 64.4 Å². The van der Waals surface area contributed by atoms with Crippen LogP contribution in [0.25, 0.3) is 0 Å². The molecule has 0 amide bonds. The Hall–Kier alpha value is -0.400. The van der Waals surface area contributed by atoms with Gasteiger partial charge in [0.05, 0.1) is 5.56 Å². The van der Waals surface area contributed by atoms with Gasteiger partial charge in [0, 0.05) is 6.42 Å². The van der Waals surface area contributed by atoms with Crippen LogP contribution in [0, 0.1) is 0 Å². The zero-order valence-electron chi connectivity index (χ0n) is 16.3. The molecule has 138 valence electrons. The van der Waals surface area contributed by atoms with E-state index in [2.05, 4.69) is 6.92 Å². The molecule has 7 heteroatoms. The number of para-hydroxylation sites is 1. The predicted molar refractivity (Wildman–Crippen MR) is 95.2 cm³/mol. The van der Waals surface area contributed by atoms with E-state index in [0.29, 0.717) is 6.42 Å². The second-order valence-corrected chi connectivity index (χ2v) is 7.52. The first kappa shape index (κ1) is 24.6. The van der Waals surface area contributed by atoms with E-state index in [9.17, 15) is 18.3 Å². The van der Waals surface area contributed by atoms with E-state index in [-0.39, 0.29) is 48.8 Å². The summed E-state index contributed by atoms with van der Waals surface area (Å²) in [6.07, 6.45) is 10.5. The maximum Gasteiger partial charge on any atom is 1.00 e. The molecule has 0 bridgehead atoms. The number of hydrogen-bond acceptors (Lipinski definition) is 4. The van der Waals surface area contributed by atoms with Crippen molar-refractivity contribution in [2.45, 2.75) is 76.0 Å². The minimum atomic E-state index is -4.53. The Balaban J connectivity index is 0. The zero-order chi connectivity index (χ0) is 18.0. The van der Waals surface area contributed by atoms with E-state index in [1.165, 1.54) is 50.7 Å². The van der Waals surface area contributed by atoms with Crippen molar-refractivity contribution in [3.05, 3.63) is 23.8 Å². The van der Waals surface area contributed by atoms with Crippen molar-refractivity contribution in [1.29, 1.82) is 0 Å². The van der Waals surface area contributed by atoms with Crippen LogP contribution >= 0.6 is 0 Å². The van der Waals surface area contributed by atoms with Gasteiger partial charge in [-0.15, -0.1) is 0 Å². The second kappa shape index (κ2) is 12.9. The molecule has 0 aliphatic heterocycles. The summed E-state index contributed by atoms with van der Waals surface area (Å²) in [6.45, 7) is 2.19. The molecular weight excluding hydrogens is 351 g/mol. The molecule has 0 spiro atoms. The van der Waals surface area contributed by atoms with Crippen LogP contribution in [-0.4, -0.2) is 23.9 Å². The summed E-state index contributed by atoms with van der Waals surface area (Å²) >= 11 is 0. The number of Topliss-reactive ketones (excluding diaryl/α,β-unsaturated/α-hetero) is 1. The fourth-order valence-corrected chi connectivity index (χ4v) is 3.29. The first-order chi connectivity index (χ1) is 11.4. The van der Waals surface area contributed by atoms with Crippen LogP contribution in [-0.2, 0) is 10.1 Å². The molecule has 1 rings (SSSR count). The predicted octanol–water partition coefficient (Wildman–Crippen LogP) is 1.86. The van der Waals surface area contributed by atoms with Gasteiger partial charge in [-0.05, 0) is 18.6 Å².